The van der Waals surface area contributed by atoms with E-state index in [0.717, 1.165) is 11.3 Å². The number of aryl methyl sites for hydroxylation is 2. The topological polar surface area (TPSA) is 77.0 Å². The van der Waals surface area contributed by atoms with Crippen molar-refractivity contribution in [2.24, 2.45) is 7.05 Å². The number of fused-ring (bicyclic) bond motifs is 3. The second kappa shape index (κ2) is 4.73. The van der Waals surface area contributed by atoms with Gasteiger partial charge in [-0.05, 0) is 26.0 Å². The summed E-state index contributed by atoms with van der Waals surface area (Å²) in [4.78, 5) is 31.9. The molecule has 6 heteroatoms. The molecule has 0 aliphatic heterocycles. The van der Waals surface area contributed by atoms with E-state index in [9.17, 15) is 9.59 Å². The van der Waals surface area contributed by atoms with Gasteiger partial charge in [0, 0.05) is 13.2 Å². The summed E-state index contributed by atoms with van der Waals surface area (Å²) in [5.41, 5.74) is 1.75. The van der Waals surface area contributed by atoms with Crippen LogP contribution >= 0.6 is 0 Å². The van der Waals surface area contributed by atoms with Crippen LogP contribution in [0.2, 0.25) is 0 Å². The number of hydrogen-bond donors (Lipinski definition) is 1. The molecule has 0 atom stereocenters. The maximum Gasteiger partial charge on any atom is 0.343 e. The lowest BCUT2D eigenvalue weighted by atomic mass is 10.1. The van der Waals surface area contributed by atoms with Crippen LogP contribution in [0, 0.1) is 6.92 Å². The first-order valence-corrected chi connectivity index (χ1v) is 6.69. The molecule has 2 aromatic heterocycles. The van der Waals surface area contributed by atoms with E-state index in [0.29, 0.717) is 16.4 Å². The highest BCUT2D eigenvalue weighted by Gasteiger charge is 2.17. The zero-order valence-corrected chi connectivity index (χ0v) is 12.1. The van der Waals surface area contributed by atoms with Gasteiger partial charge in [0.25, 0.3) is 0 Å². The van der Waals surface area contributed by atoms with E-state index in [1.54, 1.807) is 6.92 Å². The quantitative estimate of drug-likeness (QED) is 0.729. The van der Waals surface area contributed by atoms with E-state index in [4.69, 9.17) is 4.74 Å². The summed E-state index contributed by atoms with van der Waals surface area (Å²) in [5, 5.41) is 0.418. The van der Waals surface area contributed by atoms with Gasteiger partial charge >= 0.3 is 5.97 Å². The molecule has 21 heavy (non-hydrogen) atoms. The molecule has 0 amide bonds. The van der Waals surface area contributed by atoms with Crippen molar-refractivity contribution < 1.29 is 9.53 Å². The van der Waals surface area contributed by atoms with Gasteiger partial charge in [-0.3, -0.25) is 4.79 Å². The third kappa shape index (κ3) is 1.91. The van der Waals surface area contributed by atoms with E-state index >= 15 is 0 Å². The second-order valence-electron chi connectivity index (χ2n) is 4.83. The number of aromatic nitrogens is 3. The largest absolute Gasteiger partial charge is 0.462 e. The number of pyridine rings is 1. The van der Waals surface area contributed by atoms with Crippen molar-refractivity contribution in [3.8, 4) is 0 Å². The van der Waals surface area contributed by atoms with Gasteiger partial charge in [-0.25, -0.2) is 9.78 Å². The highest BCUT2D eigenvalue weighted by molar-refractivity contribution is 6.05. The Morgan fingerprint density at radius 1 is 1.43 bits per heavy atom. The molecule has 3 aromatic rings. The number of carbonyl (C=O) groups excluding carboxylic acids is 1. The van der Waals surface area contributed by atoms with Crippen LogP contribution in [0.3, 0.4) is 0 Å². The van der Waals surface area contributed by atoms with Gasteiger partial charge in [0.15, 0.2) is 0 Å². The fourth-order valence-electron chi connectivity index (χ4n) is 2.44. The molecule has 2 heterocycles. The molecule has 0 unspecified atom stereocenters. The number of rotatable bonds is 2. The average Bonchev–Trinajstić information content (AvgIpc) is 2.74. The first-order valence-electron chi connectivity index (χ1n) is 6.69. The van der Waals surface area contributed by atoms with Gasteiger partial charge < -0.3 is 14.3 Å². The molecule has 0 bridgehead atoms. The van der Waals surface area contributed by atoms with Gasteiger partial charge in [0.05, 0.1) is 23.0 Å². The fraction of sp³-hybridized carbons (Fsp3) is 0.267. The Morgan fingerprint density at radius 3 is 2.90 bits per heavy atom. The number of nitrogens with one attached hydrogen (secondary N) is 1. The molecule has 3 rings (SSSR count). The van der Waals surface area contributed by atoms with Crippen molar-refractivity contribution in [3.05, 3.63) is 39.9 Å². The molecule has 0 saturated carbocycles. The van der Waals surface area contributed by atoms with Crippen LogP contribution in [0.5, 0.6) is 0 Å². The van der Waals surface area contributed by atoms with Crippen molar-refractivity contribution in [3.63, 3.8) is 0 Å². The normalized spacial score (nSPS) is 11.2. The molecule has 1 N–H and O–H groups in total. The molecular weight excluding hydrogens is 270 g/mol. The van der Waals surface area contributed by atoms with Crippen LogP contribution < -0.4 is 5.43 Å². The summed E-state index contributed by atoms with van der Waals surface area (Å²) in [5.74, 6) is 0.184. The zero-order valence-electron chi connectivity index (χ0n) is 12.1. The Hall–Kier alpha value is -2.63. The maximum absolute atomic E-state index is 12.6. The molecule has 0 aliphatic carbocycles. The average molecular weight is 285 g/mol. The summed E-state index contributed by atoms with van der Waals surface area (Å²) in [7, 11) is 1.89. The number of H-pyrrole nitrogens is 1. The summed E-state index contributed by atoms with van der Waals surface area (Å²) in [6, 6.07) is 3.72. The number of imidazole rings is 1. The summed E-state index contributed by atoms with van der Waals surface area (Å²) >= 11 is 0. The number of benzene rings is 1. The van der Waals surface area contributed by atoms with Crippen LogP contribution in [0.1, 0.15) is 23.1 Å². The number of aromatic amines is 1. The van der Waals surface area contributed by atoms with Crippen molar-refractivity contribution in [2.45, 2.75) is 13.8 Å². The van der Waals surface area contributed by atoms with E-state index in [1.165, 1.54) is 6.20 Å². The van der Waals surface area contributed by atoms with Gasteiger partial charge in [-0.2, -0.15) is 0 Å². The fourth-order valence-corrected chi connectivity index (χ4v) is 2.44. The standard InChI is InChI=1S/C15H15N3O3/c1-4-21-15(20)9-7-16-10-5-6-11-13(12(10)14(9)19)17-8(2)18(11)3/h5-7H,4H2,1-3H3,(H,16,19). The number of ether oxygens (including phenoxy) is 1. The van der Waals surface area contributed by atoms with E-state index in [-0.39, 0.29) is 17.6 Å². The molecule has 6 nitrogen and oxygen atoms in total. The van der Waals surface area contributed by atoms with E-state index < -0.39 is 5.97 Å². The smallest absolute Gasteiger partial charge is 0.343 e. The Morgan fingerprint density at radius 2 is 2.19 bits per heavy atom. The van der Waals surface area contributed by atoms with Crippen molar-refractivity contribution in [2.75, 3.05) is 6.61 Å². The minimum absolute atomic E-state index is 0.000145. The molecule has 108 valence electrons. The lowest BCUT2D eigenvalue weighted by molar-refractivity contribution is 0.0524. The first kappa shape index (κ1) is 13.4. The molecule has 1 aromatic carbocycles. The second-order valence-corrected chi connectivity index (χ2v) is 4.83. The highest BCUT2D eigenvalue weighted by Crippen LogP contribution is 2.22. The third-order valence-corrected chi connectivity index (χ3v) is 3.62. The van der Waals surface area contributed by atoms with E-state index in [1.807, 2.05) is 30.7 Å². The monoisotopic (exact) mass is 285 g/mol. The molecule has 0 aliphatic rings. The molecular formula is C15H15N3O3. The Bertz CT molecular complexity index is 921. The zero-order chi connectivity index (χ0) is 15.1. The summed E-state index contributed by atoms with van der Waals surface area (Å²) in [6.45, 7) is 3.80. The van der Waals surface area contributed by atoms with Crippen molar-refractivity contribution in [1.29, 1.82) is 0 Å². The van der Waals surface area contributed by atoms with Gasteiger partial charge in [0.2, 0.25) is 5.43 Å². The van der Waals surface area contributed by atoms with E-state index in [2.05, 4.69) is 9.97 Å². The van der Waals surface area contributed by atoms with Crippen LogP contribution in [0.25, 0.3) is 21.9 Å². The molecule has 0 radical (unpaired) electrons. The Kier molecular flexibility index (Phi) is 3.01. The number of hydrogen-bond acceptors (Lipinski definition) is 4. The van der Waals surface area contributed by atoms with Crippen LogP contribution in [0.15, 0.2) is 23.1 Å². The molecule has 0 fully saturated rings. The van der Waals surface area contributed by atoms with Crippen LogP contribution in [0.4, 0.5) is 0 Å². The molecule has 0 spiro atoms. The molecule has 0 saturated heterocycles. The number of esters is 1. The predicted octanol–water partition coefficient (Wildman–Crippen LogP) is 1.90. The van der Waals surface area contributed by atoms with Gasteiger partial charge in [-0.1, -0.05) is 0 Å². The minimum atomic E-state index is -0.620. The van der Waals surface area contributed by atoms with Gasteiger partial charge in [-0.15, -0.1) is 0 Å². The predicted molar refractivity (Wildman–Crippen MR) is 79.5 cm³/mol. The summed E-state index contributed by atoms with van der Waals surface area (Å²) in [6.07, 6.45) is 1.39. The minimum Gasteiger partial charge on any atom is -0.462 e. The van der Waals surface area contributed by atoms with Crippen LogP contribution in [-0.4, -0.2) is 27.1 Å². The SMILES string of the molecule is CCOC(=O)c1c[nH]c2ccc3c(nc(C)n3C)c2c1=O. The lowest BCUT2D eigenvalue weighted by Gasteiger charge is -2.04. The number of carbonyl (C=O) groups is 1. The van der Waals surface area contributed by atoms with Crippen molar-refractivity contribution >= 4 is 27.9 Å². The van der Waals surface area contributed by atoms with Gasteiger partial charge in [0.1, 0.15) is 16.9 Å². The first-order chi connectivity index (χ1) is 10.0. The van der Waals surface area contributed by atoms with Crippen molar-refractivity contribution in [1.82, 2.24) is 14.5 Å². The summed E-state index contributed by atoms with van der Waals surface area (Å²) < 4.78 is 6.82. The van der Waals surface area contributed by atoms with Crippen LogP contribution in [-0.2, 0) is 11.8 Å². The Balaban J connectivity index is 2.41. The Labute approximate surface area is 120 Å². The number of nitrogens with zero attached hydrogens (tertiary/aromatic N) is 2. The lowest BCUT2D eigenvalue weighted by Crippen LogP contribution is -2.18. The third-order valence-electron chi connectivity index (χ3n) is 3.62. The maximum atomic E-state index is 12.6. The highest BCUT2D eigenvalue weighted by atomic mass is 16.5.